The minimum atomic E-state index is 0.241. The molecule has 1 unspecified atom stereocenters. The van der Waals surface area contributed by atoms with Crippen LogP contribution in [-0.4, -0.2) is 11.7 Å². The lowest BCUT2D eigenvalue weighted by Crippen LogP contribution is -2.13. The summed E-state index contributed by atoms with van der Waals surface area (Å²) >= 11 is 9.21. The number of aromatic hydroxyl groups is 1. The summed E-state index contributed by atoms with van der Waals surface area (Å²) < 4.78 is 0.661. The van der Waals surface area contributed by atoms with Gasteiger partial charge in [-0.3, -0.25) is 0 Å². The Bertz CT molecular complexity index is 350. The molecule has 1 aliphatic heterocycles. The highest BCUT2D eigenvalue weighted by Gasteiger charge is 2.20. The molecule has 4 heteroatoms. The van der Waals surface area contributed by atoms with E-state index in [9.17, 15) is 5.11 Å². The maximum atomic E-state index is 9.84. The Balaban J connectivity index is 2.40. The number of hydrogen-bond donors (Lipinski definition) is 2. The quantitative estimate of drug-likeness (QED) is 0.825. The van der Waals surface area contributed by atoms with Gasteiger partial charge in [-0.15, -0.1) is 0 Å². The number of rotatable bonds is 1. The van der Waals surface area contributed by atoms with Crippen molar-refractivity contribution in [1.29, 1.82) is 0 Å². The fourth-order valence-electron chi connectivity index (χ4n) is 1.80. The summed E-state index contributed by atoms with van der Waals surface area (Å²) in [6.45, 7) is 1.01. The number of phenols is 1. The van der Waals surface area contributed by atoms with Gasteiger partial charge in [0.2, 0.25) is 0 Å². The maximum Gasteiger partial charge on any atom is 0.134 e. The second kappa shape index (κ2) is 4.09. The predicted octanol–water partition coefficient (Wildman–Crippen LogP) is 3.23. The molecule has 0 aliphatic carbocycles. The summed E-state index contributed by atoms with van der Waals surface area (Å²) in [4.78, 5) is 0. The van der Waals surface area contributed by atoms with E-state index in [2.05, 4.69) is 21.2 Å². The predicted molar refractivity (Wildman–Crippen MR) is 60.8 cm³/mol. The normalized spacial score (nSPS) is 21.4. The topological polar surface area (TPSA) is 32.3 Å². The van der Waals surface area contributed by atoms with Gasteiger partial charge in [-0.25, -0.2) is 0 Å². The van der Waals surface area contributed by atoms with E-state index >= 15 is 0 Å². The first-order valence-electron chi connectivity index (χ1n) is 4.60. The van der Waals surface area contributed by atoms with Crippen molar-refractivity contribution in [3.63, 3.8) is 0 Å². The molecule has 1 saturated heterocycles. The molecule has 0 saturated carbocycles. The Morgan fingerprint density at radius 3 is 2.93 bits per heavy atom. The summed E-state index contributed by atoms with van der Waals surface area (Å²) in [7, 11) is 0. The molecule has 1 fully saturated rings. The zero-order valence-corrected chi connectivity index (χ0v) is 9.90. The fraction of sp³-hybridized carbons (Fsp3) is 0.400. The maximum absolute atomic E-state index is 9.84. The van der Waals surface area contributed by atoms with Gasteiger partial charge in [-0.05, 0) is 47.4 Å². The van der Waals surface area contributed by atoms with Crippen LogP contribution in [0.25, 0.3) is 0 Å². The van der Waals surface area contributed by atoms with E-state index in [1.807, 2.05) is 6.07 Å². The highest BCUT2D eigenvalue weighted by molar-refractivity contribution is 9.10. The van der Waals surface area contributed by atoms with Crippen LogP contribution in [0.2, 0.25) is 5.02 Å². The minimum absolute atomic E-state index is 0.241. The monoisotopic (exact) mass is 275 g/mol. The van der Waals surface area contributed by atoms with Crippen molar-refractivity contribution in [2.75, 3.05) is 6.54 Å². The number of phenolic OH excluding ortho intramolecular Hbond substituents is 1. The first kappa shape index (κ1) is 10.3. The van der Waals surface area contributed by atoms with Crippen LogP contribution < -0.4 is 5.32 Å². The van der Waals surface area contributed by atoms with Crippen molar-refractivity contribution in [2.45, 2.75) is 18.9 Å². The number of halogens is 2. The fourth-order valence-corrected chi connectivity index (χ4v) is 2.64. The second-order valence-corrected chi connectivity index (χ2v) is 4.77. The van der Waals surface area contributed by atoms with Crippen LogP contribution in [0.1, 0.15) is 24.4 Å². The van der Waals surface area contributed by atoms with E-state index in [0.29, 0.717) is 15.2 Å². The third-order valence-electron chi connectivity index (χ3n) is 2.49. The van der Waals surface area contributed by atoms with Crippen molar-refractivity contribution in [2.24, 2.45) is 0 Å². The molecule has 2 nitrogen and oxygen atoms in total. The Morgan fingerprint density at radius 2 is 2.29 bits per heavy atom. The van der Waals surface area contributed by atoms with Crippen molar-refractivity contribution in [3.05, 3.63) is 27.2 Å². The molecule has 1 heterocycles. The summed E-state index contributed by atoms with van der Waals surface area (Å²) in [5.74, 6) is 0.300. The van der Waals surface area contributed by atoms with Gasteiger partial charge in [0.25, 0.3) is 0 Å². The molecule has 76 valence electrons. The van der Waals surface area contributed by atoms with E-state index in [0.717, 1.165) is 24.9 Å². The largest absolute Gasteiger partial charge is 0.506 e. The van der Waals surface area contributed by atoms with E-state index in [1.54, 1.807) is 6.07 Å². The minimum Gasteiger partial charge on any atom is -0.506 e. The molecule has 0 aromatic heterocycles. The van der Waals surface area contributed by atoms with Crippen LogP contribution in [0, 0.1) is 0 Å². The lowest BCUT2D eigenvalue weighted by atomic mass is 10.0. The number of hydrogen-bond acceptors (Lipinski definition) is 2. The van der Waals surface area contributed by atoms with Gasteiger partial charge < -0.3 is 10.4 Å². The number of benzene rings is 1. The first-order chi connectivity index (χ1) is 6.68. The van der Waals surface area contributed by atoms with Crippen LogP contribution in [0.4, 0.5) is 0 Å². The third-order valence-corrected chi connectivity index (χ3v) is 3.32. The van der Waals surface area contributed by atoms with E-state index in [-0.39, 0.29) is 6.04 Å². The van der Waals surface area contributed by atoms with Crippen molar-refractivity contribution in [1.82, 2.24) is 5.32 Å². The summed E-state index contributed by atoms with van der Waals surface area (Å²) in [5.41, 5.74) is 0.891. The zero-order chi connectivity index (χ0) is 10.1. The average Bonchev–Trinajstić information content (AvgIpc) is 2.63. The summed E-state index contributed by atoms with van der Waals surface area (Å²) in [6.07, 6.45) is 2.20. The SMILES string of the molecule is Oc1c(Br)cc(Cl)cc1C1CCCN1. The molecule has 1 atom stereocenters. The van der Waals surface area contributed by atoms with Crippen molar-refractivity contribution in [3.8, 4) is 5.75 Å². The van der Waals surface area contributed by atoms with Crippen LogP contribution in [-0.2, 0) is 0 Å². The molecular weight excluding hydrogens is 265 g/mol. The average molecular weight is 277 g/mol. The summed E-state index contributed by atoms with van der Waals surface area (Å²) in [6, 6.07) is 3.77. The van der Waals surface area contributed by atoms with Gasteiger partial charge in [-0.1, -0.05) is 11.6 Å². The van der Waals surface area contributed by atoms with Gasteiger partial charge >= 0.3 is 0 Å². The molecule has 2 rings (SSSR count). The van der Waals surface area contributed by atoms with Gasteiger partial charge in [0.15, 0.2) is 0 Å². The summed E-state index contributed by atoms with van der Waals surface area (Å²) in [5, 5.41) is 13.8. The number of nitrogens with one attached hydrogen (secondary N) is 1. The van der Waals surface area contributed by atoms with Crippen LogP contribution in [0.15, 0.2) is 16.6 Å². The molecular formula is C10H11BrClNO. The smallest absolute Gasteiger partial charge is 0.134 e. The molecule has 1 aromatic rings. The molecule has 0 amide bonds. The zero-order valence-electron chi connectivity index (χ0n) is 7.56. The van der Waals surface area contributed by atoms with Crippen molar-refractivity contribution < 1.29 is 5.11 Å². The Morgan fingerprint density at radius 1 is 1.50 bits per heavy atom. The molecule has 1 aromatic carbocycles. The van der Waals surface area contributed by atoms with Gasteiger partial charge in [0.1, 0.15) is 5.75 Å². The van der Waals surface area contributed by atoms with E-state index < -0.39 is 0 Å². The van der Waals surface area contributed by atoms with Crippen LogP contribution in [0.3, 0.4) is 0 Å². The third kappa shape index (κ3) is 1.90. The lowest BCUT2D eigenvalue weighted by molar-refractivity contribution is 0.453. The molecule has 0 bridgehead atoms. The molecule has 0 spiro atoms. The Labute approximate surface area is 96.4 Å². The highest BCUT2D eigenvalue weighted by atomic mass is 79.9. The van der Waals surface area contributed by atoms with Gasteiger partial charge in [-0.2, -0.15) is 0 Å². The molecule has 0 radical (unpaired) electrons. The Hall–Kier alpha value is -0.250. The van der Waals surface area contributed by atoms with Crippen LogP contribution in [0.5, 0.6) is 5.75 Å². The molecule has 2 N–H and O–H groups in total. The lowest BCUT2D eigenvalue weighted by Gasteiger charge is -2.13. The highest BCUT2D eigenvalue weighted by Crippen LogP contribution is 2.37. The van der Waals surface area contributed by atoms with E-state index in [4.69, 9.17) is 11.6 Å². The van der Waals surface area contributed by atoms with Gasteiger partial charge in [0, 0.05) is 16.6 Å². The van der Waals surface area contributed by atoms with Crippen molar-refractivity contribution >= 4 is 27.5 Å². The standard InChI is InChI=1S/C10H11BrClNO/c11-8-5-6(12)4-7(10(8)14)9-2-1-3-13-9/h4-5,9,13-14H,1-3H2. The first-order valence-corrected chi connectivity index (χ1v) is 5.77. The Kier molecular flexibility index (Phi) is 3.00. The van der Waals surface area contributed by atoms with E-state index in [1.165, 1.54) is 0 Å². The molecule has 1 aliphatic rings. The second-order valence-electron chi connectivity index (χ2n) is 3.47. The molecule has 14 heavy (non-hydrogen) atoms. The van der Waals surface area contributed by atoms with Crippen LogP contribution >= 0.6 is 27.5 Å². The van der Waals surface area contributed by atoms with Gasteiger partial charge in [0.05, 0.1) is 4.47 Å².